The maximum absolute atomic E-state index is 13.7. The molecule has 0 saturated carbocycles. The van der Waals surface area contributed by atoms with E-state index in [1.807, 2.05) is 6.92 Å². The maximum Gasteiger partial charge on any atom is 0.240 e. The van der Waals surface area contributed by atoms with Crippen molar-refractivity contribution in [2.45, 2.75) is 26.3 Å². The van der Waals surface area contributed by atoms with Gasteiger partial charge in [0.05, 0.1) is 16.1 Å². The highest BCUT2D eigenvalue weighted by molar-refractivity contribution is 6.31. The van der Waals surface area contributed by atoms with Crippen molar-refractivity contribution in [1.29, 1.82) is 0 Å². The molecule has 1 heterocycles. The molecule has 7 heteroatoms. The van der Waals surface area contributed by atoms with Crippen LogP contribution in [-0.2, 0) is 17.8 Å². The minimum Gasteiger partial charge on any atom is -0.355 e. The largest absolute Gasteiger partial charge is 0.355 e. The monoisotopic (exact) mass is 331 g/mol. The van der Waals surface area contributed by atoms with E-state index >= 15 is 0 Å². The molecule has 1 N–H and O–H groups in total. The van der Waals surface area contributed by atoms with Crippen LogP contribution in [-0.4, -0.2) is 27.9 Å². The average Bonchev–Trinajstić information content (AvgIpc) is 2.75. The summed E-state index contributed by atoms with van der Waals surface area (Å²) in [5.74, 6) is 0.350. The van der Waals surface area contributed by atoms with Crippen molar-refractivity contribution in [3.05, 3.63) is 28.8 Å². The number of nitrogens with zero attached hydrogens (tertiary/aromatic N) is 2. The molecule has 4 nitrogen and oxygen atoms in total. The highest BCUT2D eigenvalue weighted by atomic mass is 35.5. The number of fused-ring (bicyclic) bond motifs is 1. The number of halogens is 3. The standard InChI is InChI=1S/C14H16Cl2FN3O/c1-2-5-18-14(21)8-20-12-7-10(17)9(16)6-11(12)19-13(20)3-4-15/h6-7H,2-5,8H2,1H3,(H,18,21). The van der Waals surface area contributed by atoms with Gasteiger partial charge in [0.25, 0.3) is 0 Å². The third-order valence-electron chi connectivity index (χ3n) is 3.06. The summed E-state index contributed by atoms with van der Waals surface area (Å²) in [5, 5.41) is 2.80. The number of rotatable bonds is 6. The second-order valence-electron chi connectivity index (χ2n) is 4.66. The fourth-order valence-electron chi connectivity index (χ4n) is 2.09. The van der Waals surface area contributed by atoms with Gasteiger partial charge in [0, 0.05) is 24.9 Å². The normalized spacial score (nSPS) is 11.0. The first kappa shape index (κ1) is 16.0. The topological polar surface area (TPSA) is 46.9 Å². The van der Waals surface area contributed by atoms with Gasteiger partial charge >= 0.3 is 0 Å². The molecule has 0 fully saturated rings. The Morgan fingerprint density at radius 1 is 1.48 bits per heavy atom. The first-order valence-electron chi connectivity index (χ1n) is 6.73. The van der Waals surface area contributed by atoms with E-state index in [0.29, 0.717) is 35.7 Å². The smallest absolute Gasteiger partial charge is 0.240 e. The Bertz CT molecular complexity index is 657. The number of benzene rings is 1. The molecule has 0 aliphatic rings. The Hall–Kier alpha value is -1.33. The van der Waals surface area contributed by atoms with Crippen molar-refractivity contribution in [2.24, 2.45) is 0 Å². The fourth-order valence-corrected chi connectivity index (χ4v) is 2.41. The molecule has 2 rings (SSSR count). The Labute approximate surface area is 132 Å². The van der Waals surface area contributed by atoms with Gasteiger partial charge in [0.15, 0.2) is 0 Å². The van der Waals surface area contributed by atoms with Crippen LogP contribution in [0.3, 0.4) is 0 Å². The summed E-state index contributed by atoms with van der Waals surface area (Å²) in [5.41, 5.74) is 1.11. The molecule has 0 saturated heterocycles. The number of hydrogen-bond acceptors (Lipinski definition) is 2. The molecule has 1 aromatic heterocycles. The minimum atomic E-state index is -0.531. The molecule has 0 radical (unpaired) electrons. The summed E-state index contributed by atoms with van der Waals surface area (Å²) in [6.07, 6.45) is 1.35. The number of alkyl halides is 1. The summed E-state index contributed by atoms with van der Waals surface area (Å²) in [4.78, 5) is 16.3. The van der Waals surface area contributed by atoms with Crippen molar-refractivity contribution in [1.82, 2.24) is 14.9 Å². The van der Waals surface area contributed by atoms with Crippen molar-refractivity contribution in [3.63, 3.8) is 0 Å². The number of carbonyl (C=O) groups excluding carboxylic acids is 1. The predicted octanol–water partition coefficient (Wildman–Crippen LogP) is 3.14. The highest BCUT2D eigenvalue weighted by Gasteiger charge is 2.15. The maximum atomic E-state index is 13.7. The number of aromatic nitrogens is 2. The number of aryl methyl sites for hydroxylation is 1. The lowest BCUT2D eigenvalue weighted by Crippen LogP contribution is -2.28. The van der Waals surface area contributed by atoms with E-state index in [0.717, 1.165) is 6.42 Å². The molecule has 114 valence electrons. The van der Waals surface area contributed by atoms with Crippen LogP contribution in [0.1, 0.15) is 19.2 Å². The average molecular weight is 332 g/mol. The van der Waals surface area contributed by atoms with Crippen LogP contribution >= 0.6 is 23.2 Å². The third kappa shape index (κ3) is 3.66. The number of carbonyl (C=O) groups is 1. The van der Waals surface area contributed by atoms with E-state index in [4.69, 9.17) is 23.2 Å². The molecule has 21 heavy (non-hydrogen) atoms. The van der Waals surface area contributed by atoms with E-state index in [2.05, 4.69) is 10.3 Å². The Balaban J connectivity index is 2.40. The number of hydrogen-bond donors (Lipinski definition) is 1. The van der Waals surface area contributed by atoms with Crippen LogP contribution < -0.4 is 5.32 Å². The number of amides is 1. The van der Waals surface area contributed by atoms with Crippen molar-refractivity contribution < 1.29 is 9.18 Å². The molecule has 0 aliphatic carbocycles. The predicted molar refractivity (Wildman–Crippen MR) is 82.4 cm³/mol. The molecule has 0 spiro atoms. The fraction of sp³-hybridized carbons (Fsp3) is 0.429. The van der Waals surface area contributed by atoms with Gasteiger partial charge in [0.2, 0.25) is 5.91 Å². The van der Waals surface area contributed by atoms with Gasteiger partial charge < -0.3 is 9.88 Å². The molecule has 1 aromatic carbocycles. The molecule has 0 atom stereocenters. The lowest BCUT2D eigenvalue weighted by atomic mass is 10.3. The molecule has 0 bridgehead atoms. The van der Waals surface area contributed by atoms with Gasteiger partial charge in [-0.2, -0.15) is 0 Å². The summed E-state index contributed by atoms with van der Waals surface area (Å²) in [6.45, 7) is 2.67. The molecule has 0 aliphatic heterocycles. The van der Waals surface area contributed by atoms with Crippen molar-refractivity contribution >= 4 is 40.1 Å². The molecule has 2 aromatic rings. The lowest BCUT2D eigenvalue weighted by molar-refractivity contribution is -0.121. The second kappa shape index (κ2) is 7.09. The van der Waals surface area contributed by atoms with Gasteiger partial charge in [-0.25, -0.2) is 9.37 Å². The zero-order valence-corrected chi connectivity index (χ0v) is 13.1. The summed E-state index contributed by atoms with van der Waals surface area (Å²) in [6, 6.07) is 2.76. The van der Waals surface area contributed by atoms with E-state index < -0.39 is 5.82 Å². The summed E-state index contributed by atoms with van der Waals surface area (Å²) in [7, 11) is 0. The van der Waals surface area contributed by atoms with Crippen LogP contribution in [0.15, 0.2) is 12.1 Å². The number of nitrogens with one attached hydrogen (secondary N) is 1. The Morgan fingerprint density at radius 2 is 2.24 bits per heavy atom. The van der Waals surface area contributed by atoms with Crippen molar-refractivity contribution in [2.75, 3.05) is 12.4 Å². The van der Waals surface area contributed by atoms with Crippen LogP contribution in [0, 0.1) is 5.82 Å². The van der Waals surface area contributed by atoms with Crippen molar-refractivity contribution in [3.8, 4) is 0 Å². The van der Waals surface area contributed by atoms with Gasteiger partial charge in [-0.15, -0.1) is 11.6 Å². The van der Waals surface area contributed by atoms with E-state index in [1.54, 1.807) is 4.57 Å². The molecule has 1 amide bonds. The van der Waals surface area contributed by atoms with E-state index in [1.165, 1.54) is 12.1 Å². The van der Waals surface area contributed by atoms with E-state index in [9.17, 15) is 9.18 Å². The SMILES string of the molecule is CCCNC(=O)Cn1c(CCCl)nc2cc(Cl)c(F)cc21. The molecular weight excluding hydrogens is 316 g/mol. The Kier molecular flexibility index (Phi) is 5.42. The van der Waals surface area contributed by atoms with E-state index in [-0.39, 0.29) is 17.5 Å². The summed E-state index contributed by atoms with van der Waals surface area (Å²) >= 11 is 11.5. The minimum absolute atomic E-state index is 0.0139. The zero-order chi connectivity index (χ0) is 15.4. The van der Waals surface area contributed by atoms with Crippen LogP contribution in [0.25, 0.3) is 11.0 Å². The first-order valence-corrected chi connectivity index (χ1v) is 7.64. The van der Waals surface area contributed by atoms with Crippen LogP contribution in [0.5, 0.6) is 0 Å². The zero-order valence-electron chi connectivity index (χ0n) is 11.6. The second-order valence-corrected chi connectivity index (χ2v) is 5.44. The van der Waals surface area contributed by atoms with Gasteiger partial charge in [-0.1, -0.05) is 18.5 Å². The third-order valence-corrected chi connectivity index (χ3v) is 3.54. The first-order chi connectivity index (χ1) is 10.1. The molecular formula is C14H16Cl2FN3O. The van der Waals surface area contributed by atoms with Gasteiger partial charge in [-0.3, -0.25) is 4.79 Å². The highest BCUT2D eigenvalue weighted by Crippen LogP contribution is 2.24. The molecule has 0 unspecified atom stereocenters. The van der Waals surface area contributed by atoms with Crippen LogP contribution in [0.4, 0.5) is 4.39 Å². The quantitative estimate of drug-likeness (QED) is 0.826. The number of imidazole rings is 1. The Morgan fingerprint density at radius 3 is 2.90 bits per heavy atom. The lowest BCUT2D eigenvalue weighted by Gasteiger charge is -2.09. The van der Waals surface area contributed by atoms with Gasteiger partial charge in [-0.05, 0) is 12.5 Å². The summed E-state index contributed by atoms with van der Waals surface area (Å²) < 4.78 is 15.3. The van der Waals surface area contributed by atoms with Crippen LogP contribution in [0.2, 0.25) is 5.02 Å². The van der Waals surface area contributed by atoms with Gasteiger partial charge in [0.1, 0.15) is 18.2 Å².